The zero-order chi connectivity index (χ0) is 16.6. The highest BCUT2D eigenvalue weighted by atomic mass is 32.1. The monoisotopic (exact) mass is 333 g/mol. The summed E-state index contributed by atoms with van der Waals surface area (Å²) < 4.78 is 5.32. The largest absolute Gasteiger partial charge is 0.444 e. The van der Waals surface area contributed by atoms with Crippen LogP contribution >= 0.6 is 11.3 Å². The topological polar surface area (TPSA) is 65.4 Å². The minimum absolute atomic E-state index is 0.0772. The summed E-state index contributed by atoms with van der Waals surface area (Å²) in [7, 11) is 0. The fraction of sp³-hybridized carbons (Fsp3) is 0.647. The van der Waals surface area contributed by atoms with Crippen LogP contribution < -0.4 is 10.2 Å². The number of carbonyl (C=O) groups is 1. The van der Waals surface area contributed by atoms with Gasteiger partial charge in [0.15, 0.2) is 0 Å². The van der Waals surface area contributed by atoms with Gasteiger partial charge >= 0.3 is 6.09 Å². The summed E-state index contributed by atoms with van der Waals surface area (Å²) in [6, 6.07) is 2.47. The molecule has 1 aliphatic heterocycles. The first-order chi connectivity index (χ1) is 10.9. The zero-order valence-corrected chi connectivity index (χ0v) is 14.8. The molecule has 1 aromatic heterocycles. The van der Waals surface area contributed by atoms with E-state index >= 15 is 0 Å². The number of anilines is 1. The van der Waals surface area contributed by atoms with Crippen molar-refractivity contribution in [1.29, 1.82) is 5.26 Å². The van der Waals surface area contributed by atoms with E-state index in [4.69, 9.17) is 4.74 Å². The van der Waals surface area contributed by atoms with Gasteiger partial charge in [-0.2, -0.15) is 5.26 Å². The third-order valence-electron chi connectivity index (χ3n) is 4.21. The fourth-order valence-corrected chi connectivity index (χ4v) is 4.64. The summed E-state index contributed by atoms with van der Waals surface area (Å²) in [5.74, 6) is 0. The number of amides is 1. The Labute approximate surface area is 141 Å². The van der Waals surface area contributed by atoms with Gasteiger partial charge in [-0.3, -0.25) is 0 Å². The molecule has 2 heterocycles. The van der Waals surface area contributed by atoms with Crippen LogP contribution in [0.4, 0.5) is 9.80 Å². The van der Waals surface area contributed by atoms with E-state index in [0.717, 1.165) is 42.9 Å². The van der Waals surface area contributed by atoms with E-state index in [1.165, 1.54) is 16.9 Å². The maximum atomic E-state index is 11.9. The van der Waals surface area contributed by atoms with Crippen molar-refractivity contribution in [1.82, 2.24) is 5.32 Å². The second-order valence-corrected chi connectivity index (χ2v) is 8.31. The first kappa shape index (κ1) is 16.1. The van der Waals surface area contributed by atoms with Crippen LogP contribution in [0.5, 0.6) is 0 Å². The van der Waals surface area contributed by atoms with Crippen molar-refractivity contribution in [3.05, 3.63) is 16.0 Å². The fourth-order valence-electron chi connectivity index (χ4n) is 3.26. The highest BCUT2D eigenvalue weighted by molar-refractivity contribution is 7.16. The number of thiophene rings is 1. The lowest BCUT2D eigenvalue weighted by molar-refractivity contribution is 0.0509. The number of alkyl carbamates (subject to hydrolysis) is 1. The Kier molecular flexibility index (Phi) is 4.24. The van der Waals surface area contributed by atoms with Gasteiger partial charge in [-0.25, -0.2) is 4.79 Å². The Hall–Kier alpha value is -1.74. The molecule has 1 aromatic rings. The Bertz CT molecular complexity index is 654. The predicted octanol–water partition coefficient (Wildman–Crippen LogP) is 3.21. The molecule has 1 aliphatic carbocycles. The first-order valence-electron chi connectivity index (χ1n) is 8.16. The molecule has 6 heteroatoms. The van der Waals surface area contributed by atoms with E-state index in [1.54, 1.807) is 11.3 Å². The van der Waals surface area contributed by atoms with Crippen LogP contribution in [0.15, 0.2) is 0 Å². The van der Waals surface area contributed by atoms with Gasteiger partial charge in [0, 0.05) is 18.0 Å². The number of ether oxygens (including phenoxy) is 1. The van der Waals surface area contributed by atoms with Crippen molar-refractivity contribution in [3.8, 4) is 6.07 Å². The maximum absolute atomic E-state index is 11.9. The number of aryl methyl sites for hydroxylation is 1. The van der Waals surface area contributed by atoms with Crippen molar-refractivity contribution < 1.29 is 9.53 Å². The summed E-state index contributed by atoms with van der Waals surface area (Å²) in [6.45, 7) is 7.20. The van der Waals surface area contributed by atoms with Crippen LogP contribution in [-0.2, 0) is 17.6 Å². The number of nitrogens with one attached hydrogen (secondary N) is 1. The molecule has 1 atom stereocenters. The summed E-state index contributed by atoms with van der Waals surface area (Å²) in [5, 5.41) is 13.5. The first-order valence-corrected chi connectivity index (χ1v) is 8.98. The molecule has 2 aliphatic rings. The molecule has 0 aromatic carbocycles. The van der Waals surface area contributed by atoms with Gasteiger partial charge in [0.1, 0.15) is 16.7 Å². The van der Waals surface area contributed by atoms with Crippen molar-refractivity contribution in [3.63, 3.8) is 0 Å². The minimum atomic E-state index is -0.481. The Balaban J connectivity index is 1.65. The SMILES string of the molecule is CC(C)(C)OC(=O)NC1CCN(c2sc3c(c2C#N)CCC3)C1. The Morgan fingerprint density at radius 1 is 1.43 bits per heavy atom. The second-order valence-electron chi connectivity index (χ2n) is 7.23. The molecule has 1 unspecified atom stereocenters. The maximum Gasteiger partial charge on any atom is 0.407 e. The average molecular weight is 333 g/mol. The smallest absolute Gasteiger partial charge is 0.407 e. The minimum Gasteiger partial charge on any atom is -0.444 e. The summed E-state index contributed by atoms with van der Waals surface area (Å²) in [4.78, 5) is 15.5. The van der Waals surface area contributed by atoms with Crippen molar-refractivity contribution in [2.45, 2.75) is 58.1 Å². The molecule has 0 bridgehead atoms. The molecular weight excluding hydrogens is 310 g/mol. The summed E-state index contributed by atoms with van der Waals surface area (Å²) in [6.07, 6.45) is 3.81. The molecule has 1 saturated heterocycles. The number of carbonyl (C=O) groups excluding carboxylic acids is 1. The van der Waals surface area contributed by atoms with Crippen LogP contribution in [0.2, 0.25) is 0 Å². The van der Waals surface area contributed by atoms with E-state index in [0.29, 0.717) is 0 Å². The average Bonchev–Trinajstić information content (AvgIpc) is 3.09. The van der Waals surface area contributed by atoms with Crippen LogP contribution in [0.25, 0.3) is 0 Å². The molecule has 3 rings (SSSR count). The lowest BCUT2D eigenvalue weighted by Gasteiger charge is -2.22. The number of nitriles is 1. The van der Waals surface area contributed by atoms with E-state index in [-0.39, 0.29) is 12.1 Å². The van der Waals surface area contributed by atoms with Crippen molar-refractivity contribution in [2.24, 2.45) is 0 Å². The quantitative estimate of drug-likeness (QED) is 0.902. The number of hydrogen-bond donors (Lipinski definition) is 1. The molecule has 0 saturated carbocycles. The van der Waals surface area contributed by atoms with Gasteiger partial charge in [-0.1, -0.05) is 0 Å². The number of rotatable bonds is 2. The Morgan fingerprint density at radius 3 is 2.91 bits per heavy atom. The molecule has 5 nitrogen and oxygen atoms in total. The van der Waals surface area contributed by atoms with Crippen molar-refractivity contribution >= 4 is 22.4 Å². The third kappa shape index (κ3) is 3.45. The van der Waals surface area contributed by atoms with Crippen molar-refractivity contribution in [2.75, 3.05) is 18.0 Å². The molecule has 1 fully saturated rings. The van der Waals surface area contributed by atoms with E-state index in [9.17, 15) is 10.1 Å². The van der Waals surface area contributed by atoms with Crippen LogP contribution in [0.3, 0.4) is 0 Å². The number of nitrogens with zero attached hydrogens (tertiary/aromatic N) is 2. The number of fused-ring (bicyclic) bond motifs is 1. The van der Waals surface area contributed by atoms with Crippen LogP contribution in [0.1, 0.15) is 49.6 Å². The van der Waals surface area contributed by atoms with E-state index in [1.807, 2.05) is 20.8 Å². The standard InChI is InChI=1S/C17H23N3O2S/c1-17(2,3)22-16(21)19-11-7-8-20(10-11)15-13(9-18)12-5-4-6-14(12)23-15/h11H,4-8,10H2,1-3H3,(H,19,21). The van der Waals surface area contributed by atoms with Crippen LogP contribution in [-0.4, -0.2) is 30.8 Å². The second kappa shape index (κ2) is 6.04. The zero-order valence-electron chi connectivity index (χ0n) is 13.9. The third-order valence-corrected chi connectivity index (χ3v) is 5.56. The van der Waals surface area contributed by atoms with Gasteiger partial charge in [0.05, 0.1) is 11.6 Å². The van der Waals surface area contributed by atoms with Gasteiger partial charge in [0.2, 0.25) is 0 Å². The van der Waals surface area contributed by atoms with Gasteiger partial charge in [-0.05, 0) is 52.0 Å². The normalized spacial score (nSPS) is 20.3. The van der Waals surface area contributed by atoms with Crippen LogP contribution in [0, 0.1) is 11.3 Å². The number of hydrogen-bond acceptors (Lipinski definition) is 5. The highest BCUT2D eigenvalue weighted by Crippen LogP contribution is 2.41. The molecule has 0 spiro atoms. The molecular formula is C17H23N3O2S. The summed E-state index contributed by atoms with van der Waals surface area (Å²) >= 11 is 1.76. The van der Waals surface area contributed by atoms with Gasteiger partial charge in [-0.15, -0.1) is 11.3 Å². The lowest BCUT2D eigenvalue weighted by atomic mass is 10.1. The van der Waals surface area contributed by atoms with Gasteiger partial charge < -0.3 is 15.0 Å². The molecule has 124 valence electrons. The lowest BCUT2D eigenvalue weighted by Crippen LogP contribution is -2.40. The Morgan fingerprint density at radius 2 is 2.22 bits per heavy atom. The molecule has 1 N–H and O–H groups in total. The predicted molar refractivity (Wildman–Crippen MR) is 91.0 cm³/mol. The summed E-state index contributed by atoms with van der Waals surface area (Å²) in [5.41, 5.74) is 1.64. The van der Waals surface area contributed by atoms with E-state index in [2.05, 4.69) is 16.3 Å². The van der Waals surface area contributed by atoms with E-state index < -0.39 is 5.60 Å². The molecule has 0 radical (unpaired) electrons. The molecule has 23 heavy (non-hydrogen) atoms. The van der Waals surface area contributed by atoms with Gasteiger partial charge in [0.25, 0.3) is 0 Å². The molecule has 1 amide bonds. The highest BCUT2D eigenvalue weighted by Gasteiger charge is 2.31.